The van der Waals surface area contributed by atoms with Crippen molar-refractivity contribution in [2.24, 2.45) is 0 Å². The van der Waals surface area contributed by atoms with E-state index in [1.807, 2.05) is 30.3 Å². The Morgan fingerprint density at radius 3 is 2.52 bits per heavy atom. The Bertz CT molecular complexity index is 788. The third-order valence-corrected chi connectivity index (χ3v) is 3.79. The maximum Gasteiger partial charge on any atom is 0.509 e. The summed E-state index contributed by atoms with van der Waals surface area (Å²) in [6.45, 7) is 5.59. The molecule has 0 fully saturated rings. The van der Waals surface area contributed by atoms with Crippen molar-refractivity contribution in [1.29, 1.82) is 0 Å². The molecule has 2 rings (SSSR count). The normalized spacial score (nSPS) is 11.3. The molecule has 0 bridgehead atoms. The van der Waals surface area contributed by atoms with Gasteiger partial charge >= 0.3 is 12.1 Å². The van der Waals surface area contributed by atoms with Crippen LogP contribution in [0.2, 0.25) is 0 Å². The minimum absolute atomic E-state index is 0.0662. The second-order valence-corrected chi connectivity index (χ2v) is 5.71. The summed E-state index contributed by atoms with van der Waals surface area (Å²) in [5.41, 5.74) is 8.45. The van der Waals surface area contributed by atoms with Crippen molar-refractivity contribution in [3.63, 3.8) is 0 Å². The molecule has 2 N–H and O–H groups in total. The van der Waals surface area contributed by atoms with Gasteiger partial charge in [-0.05, 0) is 30.2 Å². The predicted octanol–water partition coefficient (Wildman–Crippen LogP) is 4.07. The molecule has 6 heteroatoms. The van der Waals surface area contributed by atoms with E-state index in [9.17, 15) is 9.59 Å². The highest BCUT2D eigenvalue weighted by Gasteiger charge is 2.20. The summed E-state index contributed by atoms with van der Waals surface area (Å²) in [7, 11) is 0. The zero-order valence-corrected chi connectivity index (χ0v) is 15.2. The second kappa shape index (κ2) is 10.0. The number of nitrogens with two attached hydrogens (primary N) is 1. The molecular weight excluding hydrogens is 346 g/mol. The highest BCUT2D eigenvalue weighted by atomic mass is 16.7. The first-order chi connectivity index (χ1) is 13.0. The monoisotopic (exact) mass is 369 g/mol. The lowest BCUT2D eigenvalue weighted by Gasteiger charge is -2.19. The van der Waals surface area contributed by atoms with Crippen molar-refractivity contribution in [3.05, 3.63) is 77.9 Å². The van der Waals surface area contributed by atoms with Crippen molar-refractivity contribution in [2.75, 3.05) is 18.9 Å². The van der Waals surface area contributed by atoms with Gasteiger partial charge < -0.3 is 19.9 Å². The number of rotatable bonds is 8. The van der Waals surface area contributed by atoms with E-state index in [-0.39, 0.29) is 13.2 Å². The van der Waals surface area contributed by atoms with E-state index in [0.717, 1.165) is 11.1 Å². The van der Waals surface area contributed by atoms with Gasteiger partial charge in [0, 0.05) is 12.1 Å². The molecule has 0 saturated carbocycles. The first kappa shape index (κ1) is 20.0. The molecule has 0 spiro atoms. The van der Waals surface area contributed by atoms with Crippen LogP contribution in [0.4, 0.5) is 10.5 Å². The van der Waals surface area contributed by atoms with E-state index in [1.165, 1.54) is 6.08 Å². The number of anilines is 1. The van der Waals surface area contributed by atoms with Crippen LogP contribution in [0, 0.1) is 0 Å². The molecule has 0 amide bonds. The summed E-state index contributed by atoms with van der Waals surface area (Å²) in [5.74, 6) is -0.431. The number of esters is 1. The van der Waals surface area contributed by atoms with Gasteiger partial charge in [0.1, 0.15) is 12.7 Å². The number of benzene rings is 2. The molecule has 1 atom stereocenters. The molecule has 6 nitrogen and oxygen atoms in total. The first-order valence-corrected chi connectivity index (χ1v) is 8.60. The van der Waals surface area contributed by atoms with Crippen LogP contribution in [0.25, 0.3) is 0 Å². The first-order valence-electron chi connectivity index (χ1n) is 8.60. The topological polar surface area (TPSA) is 87.8 Å². The highest BCUT2D eigenvalue weighted by Crippen LogP contribution is 2.26. The molecular formula is C21H23NO5. The summed E-state index contributed by atoms with van der Waals surface area (Å²) < 4.78 is 15.3. The van der Waals surface area contributed by atoms with Gasteiger partial charge in [-0.3, -0.25) is 0 Å². The van der Waals surface area contributed by atoms with Crippen LogP contribution in [0.5, 0.6) is 0 Å². The Labute approximate surface area is 158 Å². The van der Waals surface area contributed by atoms with Gasteiger partial charge in [-0.15, -0.1) is 0 Å². The van der Waals surface area contributed by atoms with Crippen molar-refractivity contribution in [2.45, 2.75) is 19.4 Å². The highest BCUT2D eigenvalue weighted by molar-refractivity contribution is 5.90. The predicted molar refractivity (Wildman–Crippen MR) is 102 cm³/mol. The maximum absolute atomic E-state index is 11.9. The minimum Gasteiger partial charge on any atom is -0.462 e. The van der Waals surface area contributed by atoms with Crippen LogP contribution in [0.3, 0.4) is 0 Å². The van der Waals surface area contributed by atoms with E-state index < -0.39 is 18.2 Å². The standard InChI is InChI=1S/C21H23NO5/c1-3-12-26-21(24)27-19(15-8-6-5-7-9-15)14-16-10-11-17(13-18(16)22)20(23)25-4-2/h3,5-11,13,19H,1,4,12,14,22H2,2H3. The lowest BCUT2D eigenvalue weighted by molar-refractivity contribution is 0.0290. The fourth-order valence-corrected chi connectivity index (χ4v) is 2.49. The van der Waals surface area contributed by atoms with Crippen LogP contribution in [-0.2, 0) is 20.6 Å². The molecule has 27 heavy (non-hydrogen) atoms. The SMILES string of the molecule is C=CCOC(=O)OC(Cc1ccc(C(=O)OCC)cc1N)c1ccccc1. The molecule has 0 aliphatic heterocycles. The van der Waals surface area contributed by atoms with E-state index in [2.05, 4.69) is 6.58 Å². The number of carbonyl (C=O) groups is 2. The molecule has 0 aliphatic carbocycles. The van der Waals surface area contributed by atoms with Crippen LogP contribution in [0.1, 0.15) is 34.5 Å². The summed E-state index contributed by atoms with van der Waals surface area (Å²) in [5, 5.41) is 0. The molecule has 2 aromatic carbocycles. The van der Waals surface area contributed by atoms with Gasteiger partial charge in [-0.2, -0.15) is 0 Å². The van der Waals surface area contributed by atoms with Gasteiger partial charge in [0.05, 0.1) is 12.2 Å². The largest absolute Gasteiger partial charge is 0.509 e. The Balaban J connectivity index is 2.20. The zero-order valence-electron chi connectivity index (χ0n) is 15.2. The summed E-state index contributed by atoms with van der Waals surface area (Å²) in [6, 6.07) is 14.2. The number of hydrogen-bond acceptors (Lipinski definition) is 6. The fourth-order valence-electron chi connectivity index (χ4n) is 2.49. The molecule has 1 unspecified atom stereocenters. The molecule has 0 radical (unpaired) electrons. The van der Waals surface area contributed by atoms with Gasteiger partial charge in [-0.1, -0.05) is 49.1 Å². The fraction of sp³-hybridized carbons (Fsp3) is 0.238. The molecule has 0 saturated heterocycles. The van der Waals surface area contributed by atoms with Gasteiger partial charge in [0.15, 0.2) is 0 Å². The van der Waals surface area contributed by atoms with Gasteiger partial charge in [0.2, 0.25) is 0 Å². The number of hydrogen-bond donors (Lipinski definition) is 1. The van der Waals surface area contributed by atoms with Crippen LogP contribution >= 0.6 is 0 Å². The molecule has 142 valence electrons. The van der Waals surface area contributed by atoms with Gasteiger partial charge in [-0.25, -0.2) is 9.59 Å². The number of nitrogen functional groups attached to an aromatic ring is 1. The van der Waals surface area contributed by atoms with Crippen molar-refractivity contribution in [3.8, 4) is 0 Å². The Morgan fingerprint density at radius 1 is 1.15 bits per heavy atom. The number of ether oxygens (including phenoxy) is 3. The lowest BCUT2D eigenvalue weighted by Crippen LogP contribution is -2.16. The molecule has 0 aromatic heterocycles. The Kier molecular flexibility index (Phi) is 7.43. The average Bonchev–Trinajstić information content (AvgIpc) is 2.68. The van der Waals surface area contributed by atoms with E-state index in [1.54, 1.807) is 25.1 Å². The zero-order chi connectivity index (χ0) is 19.6. The van der Waals surface area contributed by atoms with E-state index in [4.69, 9.17) is 19.9 Å². The number of carbonyl (C=O) groups excluding carboxylic acids is 2. The Morgan fingerprint density at radius 2 is 1.89 bits per heavy atom. The average molecular weight is 369 g/mol. The summed E-state index contributed by atoms with van der Waals surface area (Å²) in [4.78, 5) is 23.7. The quantitative estimate of drug-likeness (QED) is 0.429. The third kappa shape index (κ3) is 5.88. The Hall–Kier alpha value is -3.28. The smallest absolute Gasteiger partial charge is 0.462 e. The van der Waals surface area contributed by atoms with Crippen molar-refractivity contribution < 1.29 is 23.8 Å². The van der Waals surface area contributed by atoms with E-state index in [0.29, 0.717) is 17.7 Å². The molecule has 2 aromatic rings. The summed E-state index contributed by atoms with van der Waals surface area (Å²) in [6.07, 6.45) is 0.428. The maximum atomic E-state index is 11.9. The lowest BCUT2D eigenvalue weighted by atomic mass is 9.99. The summed E-state index contributed by atoms with van der Waals surface area (Å²) >= 11 is 0. The third-order valence-electron chi connectivity index (χ3n) is 3.79. The van der Waals surface area contributed by atoms with Crippen LogP contribution in [0.15, 0.2) is 61.2 Å². The minimum atomic E-state index is -0.787. The van der Waals surface area contributed by atoms with Crippen molar-refractivity contribution in [1.82, 2.24) is 0 Å². The van der Waals surface area contributed by atoms with Crippen LogP contribution < -0.4 is 5.73 Å². The van der Waals surface area contributed by atoms with Gasteiger partial charge in [0.25, 0.3) is 0 Å². The second-order valence-electron chi connectivity index (χ2n) is 5.71. The van der Waals surface area contributed by atoms with Crippen LogP contribution in [-0.4, -0.2) is 25.3 Å². The van der Waals surface area contributed by atoms with Crippen molar-refractivity contribution >= 4 is 17.8 Å². The molecule has 0 heterocycles. The molecule has 0 aliphatic rings. The van der Waals surface area contributed by atoms with E-state index >= 15 is 0 Å².